The van der Waals surface area contributed by atoms with E-state index in [0.29, 0.717) is 0 Å². The molecule has 0 spiro atoms. The summed E-state index contributed by atoms with van der Waals surface area (Å²) in [6.45, 7) is 9.19. The third kappa shape index (κ3) is 30.5. The lowest BCUT2D eigenvalue weighted by Crippen LogP contribution is -2.14. The molecule has 0 aromatic heterocycles. The molecule has 0 atom stereocenters. The molecule has 0 aliphatic heterocycles. The minimum atomic E-state index is 1.000. The summed E-state index contributed by atoms with van der Waals surface area (Å²) in [4.78, 5) is 10.6. The number of hydrogen-bond donors (Lipinski definition) is 0. The Balaban J connectivity index is 1.75. The number of unbranched alkanes of at least 4 members (excludes halogenated alkanes) is 31. The first kappa shape index (κ1) is 52.9. The van der Waals surface area contributed by atoms with Gasteiger partial charge in [-0.25, -0.2) is 0 Å². The summed E-state index contributed by atoms with van der Waals surface area (Å²) in [5.74, 6) is 0. The second-order valence-electron chi connectivity index (χ2n) is 18.4. The van der Waals surface area contributed by atoms with Crippen LogP contribution >= 0.6 is 0 Å². The molecule has 59 heavy (non-hydrogen) atoms. The lowest BCUT2D eigenvalue weighted by molar-refractivity contribution is 0.532. The number of benzene rings is 2. The monoisotopic (exact) mass is 811 g/mol. The molecule has 0 bridgehead atoms. The van der Waals surface area contributed by atoms with Crippen molar-refractivity contribution in [3.8, 4) is 0 Å². The minimum Gasteiger partial charge on any atom is -0.252 e. The largest absolute Gasteiger partial charge is 0.252 e. The van der Waals surface area contributed by atoms with Gasteiger partial charge >= 0.3 is 0 Å². The molecule has 2 aromatic carbocycles. The number of aryl methyl sites for hydroxylation is 2. The van der Waals surface area contributed by atoms with Crippen molar-refractivity contribution < 1.29 is 0 Å². The van der Waals surface area contributed by atoms with Crippen LogP contribution in [0.1, 0.15) is 276 Å². The minimum absolute atomic E-state index is 1.000. The highest BCUT2D eigenvalue weighted by atomic mass is 14.8. The molecular weight excluding hydrogens is 713 g/mol. The second kappa shape index (κ2) is 39.9. The van der Waals surface area contributed by atoms with Crippen LogP contribution in [0.15, 0.2) is 58.5 Å². The second-order valence-corrected chi connectivity index (χ2v) is 18.4. The maximum absolute atomic E-state index is 5.31. The van der Waals surface area contributed by atoms with E-state index in [2.05, 4.69) is 76.2 Å². The molecule has 2 nitrogen and oxygen atoms in total. The summed E-state index contributed by atoms with van der Waals surface area (Å²) in [7, 11) is 0. The van der Waals surface area contributed by atoms with Crippen LogP contribution in [-0.2, 0) is 12.8 Å². The van der Waals surface area contributed by atoms with Crippen LogP contribution in [0.3, 0.4) is 0 Å². The van der Waals surface area contributed by atoms with E-state index in [-0.39, 0.29) is 0 Å². The third-order valence-corrected chi connectivity index (χ3v) is 12.7. The van der Waals surface area contributed by atoms with Crippen LogP contribution in [-0.4, -0.2) is 11.4 Å². The van der Waals surface area contributed by atoms with Crippen LogP contribution in [0, 0.1) is 0 Å². The van der Waals surface area contributed by atoms with Gasteiger partial charge in [-0.15, -0.1) is 0 Å². The molecule has 2 rings (SSSR count). The van der Waals surface area contributed by atoms with Crippen molar-refractivity contribution in [1.82, 2.24) is 0 Å². The Morgan fingerprint density at radius 3 is 0.797 bits per heavy atom. The summed E-state index contributed by atoms with van der Waals surface area (Å²) in [5, 5.41) is 0. The van der Waals surface area contributed by atoms with Crippen molar-refractivity contribution in [1.29, 1.82) is 0 Å². The maximum atomic E-state index is 5.31. The fourth-order valence-corrected chi connectivity index (χ4v) is 8.60. The Morgan fingerprint density at radius 2 is 0.508 bits per heavy atom. The van der Waals surface area contributed by atoms with Crippen molar-refractivity contribution in [2.24, 2.45) is 9.98 Å². The van der Waals surface area contributed by atoms with Crippen molar-refractivity contribution >= 4 is 22.8 Å². The van der Waals surface area contributed by atoms with Crippen molar-refractivity contribution in [2.75, 3.05) is 0 Å². The number of aliphatic imine (C=N–C) groups is 2. The molecule has 0 unspecified atom stereocenters. The quantitative estimate of drug-likeness (QED) is 0.0471. The van der Waals surface area contributed by atoms with Crippen LogP contribution < -0.4 is 0 Å². The molecule has 0 fully saturated rings. The Kier molecular flexibility index (Phi) is 35.8. The summed E-state index contributed by atoms with van der Waals surface area (Å²) >= 11 is 0. The van der Waals surface area contributed by atoms with Gasteiger partial charge in [-0.3, -0.25) is 9.98 Å². The lowest BCUT2D eigenvalue weighted by Gasteiger charge is -2.12. The van der Waals surface area contributed by atoms with Crippen molar-refractivity contribution in [3.63, 3.8) is 0 Å². The smallest absolute Gasteiger partial charge is 0.0633 e. The van der Waals surface area contributed by atoms with Gasteiger partial charge in [0.15, 0.2) is 0 Å². The average molecular weight is 811 g/mol. The van der Waals surface area contributed by atoms with Crippen LogP contribution in [0.4, 0.5) is 11.4 Å². The van der Waals surface area contributed by atoms with Crippen LogP contribution in [0.5, 0.6) is 0 Å². The lowest BCUT2D eigenvalue weighted by atomic mass is 10.0. The van der Waals surface area contributed by atoms with E-state index in [1.54, 1.807) is 0 Å². The molecule has 336 valence electrons. The zero-order chi connectivity index (χ0) is 42.1. The Morgan fingerprint density at radius 1 is 0.271 bits per heavy atom. The third-order valence-electron chi connectivity index (χ3n) is 12.7. The van der Waals surface area contributed by atoms with Gasteiger partial charge in [0.2, 0.25) is 0 Å². The molecule has 0 aliphatic rings. The van der Waals surface area contributed by atoms with Gasteiger partial charge in [-0.05, 0) is 86.8 Å². The van der Waals surface area contributed by atoms with Crippen molar-refractivity contribution in [3.05, 3.63) is 59.7 Å². The Hall–Kier alpha value is -2.22. The molecule has 2 aromatic rings. The van der Waals surface area contributed by atoms with Crippen LogP contribution in [0.25, 0.3) is 0 Å². The first-order valence-corrected chi connectivity index (χ1v) is 26.5. The molecule has 0 aliphatic carbocycles. The summed E-state index contributed by atoms with van der Waals surface area (Å²) < 4.78 is 0. The highest BCUT2D eigenvalue weighted by Crippen LogP contribution is 2.23. The van der Waals surface area contributed by atoms with Gasteiger partial charge < -0.3 is 0 Å². The zero-order valence-corrected chi connectivity index (χ0v) is 40.1. The normalized spacial score (nSPS) is 12.2. The van der Waals surface area contributed by atoms with Crippen molar-refractivity contribution in [2.45, 2.75) is 278 Å². The molecule has 2 heteroatoms. The van der Waals surface area contributed by atoms with E-state index in [1.165, 1.54) is 254 Å². The van der Waals surface area contributed by atoms with E-state index in [4.69, 9.17) is 9.98 Å². The van der Waals surface area contributed by atoms with Gasteiger partial charge in [0.05, 0.1) is 22.8 Å². The highest BCUT2D eigenvalue weighted by Gasteiger charge is 2.11. The van der Waals surface area contributed by atoms with E-state index < -0.39 is 0 Å². The van der Waals surface area contributed by atoms with E-state index in [9.17, 15) is 0 Å². The number of hydrogen-bond acceptors (Lipinski definition) is 2. The molecule has 0 N–H and O–H groups in total. The van der Waals surface area contributed by atoms with E-state index >= 15 is 0 Å². The first-order chi connectivity index (χ1) is 29.2. The molecular formula is C57H98N2. The summed E-state index contributed by atoms with van der Waals surface area (Å²) in [6, 6.07) is 18.3. The highest BCUT2D eigenvalue weighted by molar-refractivity contribution is 6.43. The summed E-state index contributed by atoms with van der Waals surface area (Å²) in [6.07, 6.45) is 52.9. The number of nitrogens with zero attached hydrogens (tertiary/aromatic N) is 2. The van der Waals surface area contributed by atoms with E-state index in [1.807, 2.05) is 0 Å². The molecule has 0 saturated carbocycles. The topological polar surface area (TPSA) is 24.7 Å². The molecule has 0 radical (unpaired) electrons. The van der Waals surface area contributed by atoms with Gasteiger partial charge in [-0.2, -0.15) is 0 Å². The van der Waals surface area contributed by atoms with Gasteiger partial charge in [-0.1, -0.05) is 251 Å². The standard InChI is InChI=1S/C57H98N2/c1-5-9-13-15-17-19-21-23-25-27-29-31-33-35-38-40-52-44-48-54(49-45-52)58-56(42-12-8-4)57(43-37-11-7-3)59-55-50-46-53(47-51-55)41-39-36-34-32-30-28-26-24-22-20-18-16-14-10-6-2/h44-51H,5-43H2,1-4H3. The Labute approximate surface area is 369 Å². The molecule has 0 saturated heterocycles. The SMILES string of the molecule is CCCCCCCCCCCCCCCCCc1ccc(N=C(CCCC)C(CCCCC)=Nc2ccc(CCCCCCCCCCCCCCCCC)cc2)cc1. The fraction of sp³-hybridized carbons (Fsp3) is 0.754. The predicted molar refractivity (Wildman–Crippen MR) is 268 cm³/mol. The molecule has 0 amide bonds. The fourth-order valence-electron chi connectivity index (χ4n) is 8.60. The predicted octanol–water partition coefficient (Wildman–Crippen LogP) is 20.1. The first-order valence-electron chi connectivity index (χ1n) is 26.5. The number of rotatable bonds is 42. The van der Waals surface area contributed by atoms with Gasteiger partial charge in [0, 0.05) is 0 Å². The van der Waals surface area contributed by atoms with Gasteiger partial charge in [0.1, 0.15) is 0 Å². The van der Waals surface area contributed by atoms with Gasteiger partial charge in [0.25, 0.3) is 0 Å². The maximum Gasteiger partial charge on any atom is 0.0633 e. The van der Waals surface area contributed by atoms with Crippen LogP contribution in [0.2, 0.25) is 0 Å². The summed E-state index contributed by atoms with van der Waals surface area (Å²) in [5.41, 5.74) is 7.47. The Bertz CT molecular complexity index is 1240. The average Bonchev–Trinajstić information content (AvgIpc) is 3.26. The molecule has 0 heterocycles. The zero-order valence-electron chi connectivity index (χ0n) is 40.1. The van der Waals surface area contributed by atoms with E-state index in [0.717, 1.165) is 30.6 Å².